The highest BCUT2D eigenvalue weighted by molar-refractivity contribution is 8.10. The van der Waals surface area contributed by atoms with E-state index in [0.29, 0.717) is 0 Å². The Hall–Kier alpha value is -3.24. The van der Waals surface area contributed by atoms with Crippen LogP contribution in [0.4, 0.5) is 8.78 Å². The quantitative estimate of drug-likeness (QED) is 0.466. The molecule has 0 amide bonds. The van der Waals surface area contributed by atoms with Gasteiger partial charge < -0.3 is 0 Å². The van der Waals surface area contributed by atoms with E-state index in [0.717, 1.165) is 42.5 Å². The number of rotatable bonds is 7. The van der Waals surface area contributed by atoms with Crippen molar-refractivity contribution in [2.45, 2.75) is 39.3 Å². The van der Waals surface area contributed by atoms with Gasteiger partial charge in [-0.05, 0) is 54.4 Å². The number of hydrogen-bond acceptors (Lipinski definition) is 6. The van der Waals surface area contributed by atoms with Gasteiger partial charge in [-0.15, -0.1) is 0 Å². The summed E-state index contributed by atoms with van der Waals surface area (Å²) in [5.41, 5.74) is -0.395. The van der Waals surface area contributed by atoms with Gasteiger partial charge in [-0.25, -0.2) is 25.6 Å². The molecule has 0 radical (unpaired) electrons. The Labute approximate surface area is 201 Å². The molecule has 0 heterocycles. The van der Waals surface area contributed by atoms with Crippen LogP contribution in [0.15, 0.2) is 88.7 Å². The second kappa shape index (κ2) is 8.76. The molecule has 0 aromatic heterocycles. The predicted molar refractivity (Wildman–Crippen MR) is 123 cm³/mol. The first-order valence-electron chi connectivity index (χ1n) is 10.5. The van der Waals surface area contributed by atoms with Crippen LogP contribution in [0, 0.1) is 5.82 Å². The van der Waals surface area contributed by atoms with E-state index in [2.05, 4.69) is 0 Å². The van der Waals surface area contributed by atoms with Gasteiger partial charge in [0.1, 0.15) is 17.5 Å². The number of sulfone groups is 2. The highest BCUT2D eigenvalue weighted by atomic mass is 32.3. The molecule has 0 unspecified atom stereocenters. The van der Waals surface area contributed by atoms with E-state index >= 15 is 4.39 Å². The molecule has 0 fully saturated rings. The van der Waals surface area contributed by atoms with Crippen LogP contribution in [0.25, 0.3) is 0 Å². The minimum absolute atomic E-state index is 0.0187. The van der Waals surface area contributed by atoms with Gasteiger partial charge in [-0.2, -0.15) is 0 Å². The number of ketones is 2. The van der Waals surface area contributed by atoms with Crippen LogP contribution in [-0.2, 0) is 29.3 Å². The Morgan fingerprint density at radius 1 is 0.829 bits per heavy atom. The Balaban J connectivity index is 2.08. The summed E-state index contributed by atoms with van der Waals surface area (Å²) in [5.74, 6) is -6.24. The second-order valence-electron chi connectivity index (χ2n) is 8.28. The van der Waals surface area contributed by atoms with Gasteiger partial charge in [0.15, 0.2) is 5.78 Å². The van der Waals surface area contributed by atoms with Crippen molar-refractivity contribution in [1.29, 1.82) is 0 Å². The van der Waals surface area contributed by atoms with E-state index in [1.807, 2.05) is 0 Å². The van der Waals surface area contributed by atoms with Crippen molar-refractivity contribution in [2.24, 2.45) is 0 Å². The molecule has 0 bridgehead atoms. The molecule has 3 aromatic carbocycles. The summed E-state index contributed by atoms with van der Waals surface area (Å²) in [7, 11) is -10.8. The lowest BCUT2D eigenvalue weighted by Crippen LogP contribution is -2.49. The van der Waals surface area contributed by atoms with Gasteiger partial charge in [0.05, 0.1) is 15.7 Å². The molecule has 1 aliphatic rings. The summed E-state index contributed by atoms with van der Waals surface area (Å²) in [6.45, 7) is 1.19. The van der Waals surface area contributed by atoms with Crippen molar-refractivity contribution >= 4 is 31.2 Å². The van der Waals surface area contributed by atoms with Crippen LogP contribution >= 0.6 is 0 Å². The van der Waals surface area contributed by atoms with Crippen molar-refractivity contribution in [1.82, 2.24) is 0 Å². The molecule has 0 saturated heterocycles. The summed E-state index contributed by atoms with van der Waals surface area (Å²) >= 11 is 0. The number of benzene rings is 3. The zero-order valence-electron chi connectivity index (χ0n) is 18.4. The molecule has 182 valence electrons. The maximum absolute atomic E-state index is 17.4. The largest absolute Gasteiger partial charge is 0.331 e. The van der Waals surface area contributed by atoms with E-state index < -0.39 is 75.0 Å². The maximum atomic E-state index is 17.4. The number of carbonyl (C=O) groups excluding carboxylic acids is 2. The summed E-state index contributed by atoms with van der Waals surface area (Å²) in [4.78, 5) is 24.1. The van der Waals surface area contributed by atoms with E-state index in [1.165, 1.54) is 43.3 Å². The molecule has 0 spiro atoms. The monoisotopic (exact) mass is 518 g/mol. The molecule has 3 aromatic rings. The van der Waals surface area contributed by atoms with Crippen LogP contribution < -0.4 is 0 Å². The maximum Gasteiger partial charge on any atom is 0.331 e. The molecule has 10 heteroatoms. The average Bonchev–Trinajstić information content (AvgIpc) is 3.09. The van der Waals surface area contributed by atoms with Crippen LogP contribution in [0.2, 0.25) is 0 Å². The van der Waals surface area contributed by atoms with Crippen molar-refractivity contribution in [3.05, 3.63) is 95.8 Å². The SMILES string of the molecule is CC(=O)C[C@@H]1C(=O)[C@H](C(F)(S(=O)(=O)c2ccccc2)S(=O)(=O)c2ccccc2)c2cc(F)ccc21. The lowest BCUT2D eigenvalue weighted by atomic mass is 9.95. The molecular weight excluding hydrogens is 498 g/mol. The molecule has 0 saturated carbocycles. The van der Waals surface area contributed by atoms with E-state index in [9.17, 15) is 30.8 Å². The average molecular weight is 519 g/mol. The summed E-state index contributed by atoms with van der Waals surface area (Å²) in [6.07, 6.45) is -0.416. The van der Waals surface area contributed by atoms with Crippen LogP contribution in [-0.4, -0.2) is 32.7 Å². The molecule has 0 N–H and O–H groups in total. The van der Waals surface area contributed by atoms with Crippen molar-refractivity contribution in [3.63, 3.8) is 0 Å². The molecule has 35 heavy (non-hydrogen) atoms. The smallest absolute Gasteiger partial charge is 0.300 e. The number of alkyl halides is 1. The number of halogens is 2. The molecule has 2 atom stereocenters. The number of fused-ring (bicyclic) bond motifs is 1. The fourth-order valence-electron chi connectivity index (χ4n) is 4.45. The highest BCUT2D eigenvalue weighted by Crippen LogP contribution is 2.54. The molecule has 6 nitrogen and oxygen atoms in total. The number of hydrogen-bond donors (Lipinski definition) is 0. The fourth-order valence-corrected chi connectivity index (χ4v) is 8.96. The van der Waals surface area contributed by atoms with Gasteiger partial charge in [-0.1, -0.05) is 42.5 Å². The van der Waals surface area contributed by atoms with E-state index in [1.54, 1.807) is 0 Å². The highest BCUT2D eigenvalue weighted by Gasteiger charge is 2.67. The number of Topliss-reactive ketones (excluding diaryl/α,β-unsaturated/α-hetero) is 2. The van der Waals surface area contributed by atoms with Crippen molar-refractivity contribution in [3.8, 4) is 0 Å². The molecule has 1 aliphatic carbocycles. The van der Waals surface area contributed by atoms with Crippen LogP contribution in [0.1, 0.15) is 36.3 Å². The van der Waals surface area contributed by atoms with E-state index in [4.69, 9.17) is 0 Å². The Morgan fingerprint density at radius 2 is 1.31 bits per heavy atom. The van der Waals surface area contributed by atoms with Crippen molar-refractivity contribution in [2.75, 3.05) is 0 Å². The minimum atomic E-state index is -5.41. The minimum Gasteiger partial charge on any atom is -0.300 e. The first kappa shape index (κ1) is 24.9. The van der Waals surface area contributed by atoms with Gasteiger partial charge in [-0.3, -0.25) is 9.59 Å². The first-order chi connectivity index (χ1) is 16.4. The molecular formula is C25H20F2O6S2. The Bertz CT molecular complexity index is 1450. The summed E-state index contributed by atoms with van der Waals surface area (Å²) in [5, 5.41) is 0. The molecule has 4 rings (SSSR count). The van der Waals surface area contributed by atoms with E-state index in [-0.39, 0.29) is 5.56 Å². The normalized spacial score (nSPS) is 18.3. The Kier molecular flexibility index (Phi) is 6.23. The Morgan fingerprint density at radius 3 is 1.77 bits per heavy atom. The standard InChI is InChI=1S/C25H20F2O6S2/c1-16(28)14-22-20-13-12-17(26)15-21(20)23(24(22)29)25(27,34(30,31)18-8-4-2-5-9-18)35(32,33)19-10-6-3-7-11-19/h2-13,15,22-23H,14H2,1H3/t22-,23+/m0/s1. The van der Waals surface area contributed by atoms with Crippen LogP contribution in [0.3, 0.4) is 0 Å². The second-order valence-corrected chi connectivity index (χ2v) is 12.7. The summed E-state index contributed by atoms with van der Waals surface area (Å²) in [6, 6.07) is 15.0. The predicted octanol–water partition coefficient (Wildman–Crippen LogP) is 4.13. The topological polar surface area (TPSA) is 102 Å². The molecule has 0 aliphatic heterocycles. The van der Waals surface area contributed by atoms with Gasteiger partial charge >= 0.3 is 4.33 Å². The van der Waals surface area contributed by atoms with Gasteiger partial charge in [0.25, 0.3) is 0 Å². The summed E-state index contributed by atoms with van der Waals surface area (Å²) < 4.78 is 82.5. The lowest BCUT2D eigenvalue weighted by molar-refractivity contribution is -0.125. The van der Waals surface area contributed by atoms with Gasteiger partial charge in [0, 0.05) is 6.42 Å². The third-order valence-electron chi connectivity index (χ3n) is 6.04. The van der Waals surface area contributed by atoms with Gasteiger partial charge in [0.2, 0.25) is 19.7 Å². The third kappa shape index (κ3) is 3.81. The lowest BCUT2D eigenvalue weighted by Gasteiger charge is -2.30. The zero-order valence-corrected chi connectivity index (χ0v) is 20.0. The van der Waals surface area contributed by atoms with Crippen LogP contribution in [0.5, 0.6) is 0 Å². The fraction of sp³-hybridized carbons (Fsp3) is 0.200. The third-order valence-corrected chi connectivity index (χ3v) is 11.1. The van der Waals surface area contributed by atoms with Crippen molar-refractivity contribution < 1.29 is 35.2 Å². The first-order valence-corrected chi connectivity index (χ1v) is 13.5. The zero-order chi connectivity index (χ0) is 25.6. The number of carbonyl (C=O) groups is 2.